The quantitative estimate of drug-likeness (QED) is 0.455. The fourth-order valence-electron chi connectivity index (χ4n) is 1.59. The van der Waals surface area contributed by atoms with Crippen molar-refractivity contribution in [2.75, 3.05) is 6.54 Å². The molecule has 1 aromatic carbocycles. The number of hydrogen-bond acceptors (Lipinski definition) is 4. The third kappa shape index (κ3) is 5.61. The lowest BCUT2D eigenvalue weighted by atomic mass is 10.2. The molecule has 0 unspecified atom stereocenters. The largest absolute Gasteiger partial charge is 0.240 e. The van der Waals surface area contributed by atoms with Gasteiger partial charge < -0.3 is 0 Å². The molecule has 1 aromatic rings. The van der Waals surface area contributed by atoms with Gasteiger partial charge in [-0.25, -0.2) is 13.1 Å². The van der Waals surface area contributed by atoms with Gasteiger partial charge in [0.15, 0.2) is 0 Å². The average Bonchev–Trinajstić information content (AvgIpc) is 2.39. The molecule has 0 heterocycles. The summed E-state index contributed by atoms with van der Waals surface area (Å²) in [4.78, 5) is 4.02. The highest BCUT2D eigenvalue weighted by atomic mass is 32.2. The second-order valence-corrected chi connectivity index (χ2v) is 6.10. The molecular weight excluding hydrogens is 280 g/mol. The summed E-state index contributed by atoms with van der Waals surface area (Å²) in [5, 5.41) is 2.24. The fraction of sp³-hybridized carbons (Fsp3) is 0.462. The number of hydrogen-bond donors (Lipinski definition) is 1. The Labute approximate surface area is 120 Å². The van der Waals surface area contributed by atoms with Gasteiger partial charge in [-0.15, -0.1) is 0 Å². The van der Waals surface area contributed by atoms with Gasteiger partial charge in [0, 0.05) is 6.54 Å². The Morgan fingerprint density at radius 1 is 1.21 bits per heavy atom. The predicted molar refractivity (Wildman–Crippen MR) is 80.5 cm³/mol. The summed E-state index contributed by atoms with van der Waals surface area (Å²) in [6, 6.07) is 6.23. The van der Waals surface area contributed by atoms with E-state index in [1.165, 1.54) is 12.1 Å². The summed E-state index contributed by atoms with van der Waals surface area (Å²) in [6.07, 6.45) is 4.17. The van der Waals surface area contributed by atoms with Gasteiger partial charge >= 0.3 is 0 Å². The van der Waals surface area contributed by atoms with E-state index in [2.05, 4.69) is 34.0 Å². The van der Waals surface area contributed by atoms with Crippen LogP contribution >= 0.6 is 12.2 Å². The van der Waals surface area contributed by atoms with E-state index in [4.69, 9.17) is 0 Å². The van der Waals surface area contributed by atoms with Gasteiger partial charge in [0.25, 0.3) is 0 Å². The zero-order valence-electron chi connectivity index (χ0n) is 10.9. The lowest BCUT2D eigenvalue weighted by Gasteiger charge is -2.06. The van der Waals surface area contributed by atoms with Gasteiger partial charge in [0.2, 0.25) is 10.0 Å². The maximum absolute atomic E-state index is 12.0. The molecule has 0 saturated heterocycles. The minimum atomic E-state index is -3.42. The molecule has 0 bridgehead atoms. The fourth-order valence-corrected chi connectivity index (χ4v) is 2.77. The first-order valence-electron chi connectivity index (χ1n) is 6.27. The monoisotopic (exact) mass is 298 g/mol. The molecular formula is C13H18N2O2S2. The van der Waals surface area contributed by atoms with E-state index in [-0.39, 0.29) is 4.90 Å². The summed E-state index contributed by atoms with van der Waals surface area (Å²) in [5.41, 5.74) is 0.594. The molecule has 0 fully saturated rings. The Morgan fingerprint density at radius 3 is 2.47 bits per heavy atom. The molecule has 0 aromatic heterocycles. The number of rotatable bonds is 8. The van der Waals surface area contributed by atoms with Crippen molar-refractivity contribution in [3.8, 4) is 0 Å². The molecule has 0 aliphatic heterocycles. The number of isothiocyanates is 1. The van der Waals surface area contributed by atoms with E-state index in [9.17, 15) is 8.42 Å². The molecule has 6 heteroatoms. The normalized spacial score (nSPS) is 11.0. The van der Waals surface area contributed by atoms with Gasteiger partial charge in [-0.3, -0.25) is 0 Å². The first kappa shape index (κ1) is 16.0. The molecule has 0 amide bonds. The van der Waals surface area contributed by atoms with Crippen LogP contribution in [0.1, 0.15) is 32.6 Å². The van der Waals surface area contributed by atoms with Crippen LogP contribution in [0.2, 0.25) is 0 Å². The number of sulfonamides is 1. The summed E-state index contributed by atoms with van der Waals surface area (Å²) in [5.74, 6) is 0. The van der Waals surface area contributed by atoms with Crippen molar-refractivity contribution in [1.82, 2.24) is 4.72 Å². The minimum Gasteiger partial charge on any atom is -0.211 e. The van der Waals surface area contributed by atoms with E-state index >= 15 is 0 Å². The van der Waals surface area contributed by atoms with Crippen molar-refractivity contribution in [2.24, 2.45) is 4.99 Å². The van der Waals surface area contributed by atoms with Crippen LogP contribution in [0.15, 0.2) is 34.2 Å². The van der Waals surface area contributed by atoms with Gasteiger partial charge in [-0.1, -0.05) is 26.2 Å². The molecule has 0 atom stereocenters. The molecule has 104 valence electrons. The van der Waals surface area contributed by atoms with Crippen molar-refractivity contribution in [2.45, 2.75) is 37.5 Å². The predicted octanol–water partition coefficient (Wildman–Crippen LogP) is 3.28. The van der Waals surface area contributed by atoms with Gasteiger partial charge in [-0.05, 0) is 42.9 Å². The molecule has 0 spiro atoms. The highest BCUT2D eigenvalue weighted by molar-refractivity contribution is 7.89. The Morgan fingerprint density at radius 2 is 1.89 bits per heavy atom. The Balaban J connectivity index is 2.59. The van der Waals surface area contributed by atoms with Crippen molar-refractivity contribution < 1.29 is 8.42 Å². The molecule has 0 saturated carbocycles. The molecule has 0 aliphatic rings. The van der Waals surface area contributed by atoms with Crippen LogP contribution in [0.3, 0.4) is 0 Å². The van der Waals surface area contributed by atoms with Crippen molar-refractivity contribution >= 4 is 33.1 Å². The molecule has 1 rings (SSSR count). The minimum absolute atomic E-state index is 0.242. The molecule has 0 radical (unpaired) electrons. The SMILES string of the molecule is CCCCCCNS(=O)(=O)c1ccc(N=C=S)cc1. The zero-order chi connectivity index (χ0) is 14.1. The van der Waals surface area contributed by atoms with Crippen LogP contribution in [-0.2, 0) is 10.0 Å². The second kappa shape index (κ2) is 8.17. The molecule has 19 heavy (non-hydrogen) atoms. The van der Waals surface area contributed by atoms with E-state index in [0.717, 1.165) is 25.7 Å². The van der Waals surface area contributed by atoms with Crippen LogP contribution in [0.5, 0.6) is 0 Å². The maximum atomic E-state index is 12.0. The van der Waals surface area contributed by atoms with Crippen molar-refractivity contribution in [1.29, 1.82) is 0 Å². The Bertz CT molecular complexity index is 532. The lowest BCUT2D eigenvalue weighted by Crippen LogP contribution is -2.24. The summed E-state index contributed by atoms with van der Waals surface area (Å²) in [6.45, 7) is 2.59. The van der Waals surface area contributed by atoms with Crippen LogP contribution in [0.4, 0.5) is 5.69 Å². The van der Waals surface area contributed by atoms with Crippen molar-refractivity contribution in [3.05, 3.63) is 24.3 Å². The third-order valence-electron chi connectivity index (χ3n) is 2.64. The number of thiocarbonyl (C=S) groups is 1. The van der Waals surface area contributed by atoms with Crippen LogP contribution in [0.25, 0.3) is 0 Å². The van der Waals surface area contributed by atoms with Crippen LogP contribution < -0.4 is 4.72 Å². The Kier molecular flexibility index (Phi) is 6.87. The number of nitrogens with one attached hydrogen (secondary N) is 1. The van der Waals surface area contributed by atoms with E-state index in [1.54, 1.807) is 12.1 Å². The number of aliphatic imine (C=N–C) groups is 1. The topological polar surface area (TPSA) is 58.5 Å². The highest BCUT2D eigenvalue weighted by Crippen LogP contribution is 2.15. The third-order valence-corrected chi connectivity index (χ3v) is 4.21. The van der Waals surface area contributed by atoms with E-state index in [0.29, 0.717) is 12.2 Å². The standard InChI is InChI=1S/C13H18N2O2S2/c1-2-3-4-5-10-15-19(16,17)13-8-6-12(7-9-13)14-11-18/h6-9,15H,2-5,10H2,1H3. The smallest absolute Gasteiger partial charge is 0.211 e. The molecule has 1 N–H and O–H groups in total. The number of unbranched alkanes of at least 4 members (excludes halogenated alkanes) is 3. The maximum Gasteiger partial charge on any atom is 0.240 e. The van der Waals surface area contributed by atoms with Crippen LogP contribution in [-0.4, -0.2) is 20.1 Å². The zero-order valence-corrected chi connectivity index (χ0v) is 12.6. The van der Waals surface area contributed by atoms with Crippen LogP contribution in [0, 0.1) is 0 Å². The Hall–Kier alpha value is -1.07. The van der Waals surface area contributed by atoms with Gasteiger partial charge in [-0.2, -0.15) is 4.99 Å². The average molecular weight is 298 g/mol. The van der Waals surface area contributed by atoms with Gasteiger partial charge in [0.05, 0.1) is 15.7 Å². The number of benzene rings is 1. The summed E-state index contributed by atoms with van der Waals surface area (Å²) >= 11 is 4.49. The summed E-state index contributed by atoms with van der Waals surface area (Å²) < 4.78 is 26.5. The summed E-state index contributed by atoms with van der Waals surface area (Å²) in [7, 11) is -3.42. The van der Waals surface area contributed by atoms with Crippen molar-refractivity contribution in [3.63, 3.8) is 0 Å². The van der Waals surface area contributed by atoms with E-state index in [1.807, 2.05) is 0 Å². The lowest BCUT2D eigenvalue weighted by molar-refractivity contribution is 0.573. The first-order chi connectivity index (χ1) is 9.10. The number of nitrogens with zero attached hydrogens (tertiary/aromatic N) is 1. The van der Waals surface area contributed by atoms with Gasteiger partial charge in [0.1, 0.15) is 0 Å². The van der Waals surface area contributed by atoms with E-state index < -0.39 is 10.0 Å². The molecule has 4 nitrogen and oxygen atoms in total. The first-order valence-corrected chi connectivity index (χ1v) is 8.17. The second-order valence-electron chi connectivity index (χ2n) is 4.16. The molecule has 0 aliphatic carbocycles. The highest BCUT2D eigenvalue weighted by Gasteiger charge is 2.12.